The standard InChI is InChI=1S/C29H42FN7O2/c1-7-35(8-2)11-10-31-29(39)25-19(4)24(32-20(25)5)16-21-18-36(9-3)27-22(26(21)38)17-23(30)28(33-27)37-14-12-34(6)13-15-37/h16-17,32H,7-15,18H2,1-6H3,(H,31,39)/b21-16+. The van der Waals surface area contributed by atoms with Gasteiger partial charge in [0.15, 0.2) is 17.4 Å². The predicted molar refractivity (Wildman–Crippen MR) is 154 cm³/mol. The Morgan fingerprint density at radius 1 is 1.15 bits per heavy atom. The summed E-state index contributed by atoms with van der Waals surface area (Å²) >= 11 is 0. The van der Waals surface area contributed by atoms with Crippen LogP contribution in [0.3, 0.4) is 0 Å². The van der Waals surface area contributed by atoms with E-state index in [9.17, 15) is 9.59 Å². The van der Waals surface area contributed by atoms with Crippen LogP contribution in [0.15, 0.2) is 11.6 Å². The summed E-state index contributed by atoms with van der Waals surface area (Å²) in [6.45, 7) is 17.3. The largest absolute Gasteiger partial charge is 0.358 e. The van der Waals surface area contributed by atoms with Gasteiger partial charge in [-0.3, -0.25) is 9.59 Å². The molecule has 2 N–H and O–H groups in total. The number of aryl methyl sites for hydroxylation is 1. The third kappa shape index (κ3) is 6.01. The van der Waals surface area contributed by atoms with E-state index in [0.29, 0.717) is 61.2 Å². The van der Waals surface area contributed by atoms with E-state index in [1.165, 1.54) is 6.07 Å². The van der Waals surface area contributed by atoms with Gasteiger partial charge in [-0.05, 0) is 58.6 Å². The number of H-pyrrole nitrogens is 1. The molecule has 4 heterocycles. The average Bonchev–Trinajstić information content (AvgIpc) is 3.20. The lowest BCUT2D eigenvalue weighted by molar-refractivity contribution is 0.0947. The van der Waals surface area contributed by atoms with Crippen LogP contribution in [0.5, 0.6) is 0 Å². The summed E-state index contributed by atoms with van der Waals surface area (Å²) in [4.78, 5) is 42.9. The molecule has 0 spiro atoms. The maximum atomic E-state index is 15.3. The van der Waals surface area contributed by atoms with E-state index in [2.05, 4.69) is 46.0 Å². The van der Waals surface area contributed by atoms with Gasteiger partial charge in [-0.25, -0.2) is 9.37 Å². The highest BCUT2D eigenvalue weighted by molar-refractivity contribution is 6.16. The van der Waals surface area contributed by atoms with Gasteiger partial charge in [-0.1, -0.05) is 13.8 Å². The van der Waals surface area contributed by atoms with E-state index in [1.807, 2.05) is 30.6 Å². The highest BCUT2D eigenvalue weighted by Gasteiger charge is 2.32. The zero-order chi connectivity index (χ0) is 28.3. The first-order valence-electron chi connectivity index (χ1n) is 14.0. The Balaban J connectivity index is 1.58. The molecule has 0 radical (unpaired) electrons. The maximum absolute atomic E-state index is 15.3. The van der Waals surface area contributed by atoms with Crippen molar-refractivity contribution in [1.82, 2.24) is 25.1 Å². The maximum Gasteiger partial charge on any atom is 0.253 e. The molecule has 212 valence electrons. The van der Waals surface area contributed by atoms with Gasteiger partial charge in [0.05, 0.1) is 11.1 Å². The molecule has 0 bridgehead atoms. The number of Topliss-reactive ketones (excluding diaryl/α,β-unsaturated/α-hetero) is 1. The van der Waals surface area contributed by atoms with E-state index in [4.69, 9.17) is 0 Å². The number of ketones is 1. The number of aromatic amines is 1. The number of carbonyl (C=O) groups excluding carboxylic acids is 2. The van der Waals surface area contributed by atoms with Gasteiger partial charge >= 0.3 is 0 Å². The minimum Gasteiger partial charge on any atom is -0.358 e. The molecule has 0 aromatic carbocycles. The molecule has 0 atom stereocenters. The molecule has 4 rings (SSSR count). The number of fused-ring (bicyclic) bond motifs is 1. The third-order valence-electron chi connectivity index (χ3n) is 7.95. The van der Waals surface area contributed by atoms with Gasteiger partial charge in [0.1, 0.15) is 5.82 Å². The zero-order valence-electron chi connectivity index (χ0n) is 24.2. The molecule has 1 saturated heterocycles. The minimum atomic E-state index is -0.473. The van der Waals surface area contributed by atoms with Crippen LogP contribution in [0.4, 0.5) is 16.0 Å². The van der Waals surface area contributed by atoms with E-state index in [-0.39, 0.29) is 17.3 Å². The quantitative estimate of drug-likeness (QED) is 0.474. The summed E-state index contributed by atoms with van der Waals surface area (Å²) in [5, 5.41) is 3.02. The van der Waals surface area contributed by atoms with Gasteiger partial charge in [0, 0.05) is 69.3 Å². The first kappa shape index (κ1) is 28.8. The van der Waals surface area contributed by atoms with Gasteiger partial charge in [-0.2, -0.15) is 0 Å². The fourth-order valence-corrected chi connectivity index (χ4v) is 5.41. The number of hydrogen-bond donors (Lipinski definition) is 2. The predicted octanol–water partition coefficient (Wildman–Crippen LogP) is 3.10. The van der Waals surface area contributed by atoms with E-state index in [0.717, 1.165) is 44.0 Å². The van der Waals surface area contributed by atoms with Crippen molar-refractivity contribution < 1.29 is 14.0 Å². The third-order valence-corrected chi connectivity index (χ3v) is 7.95. The number of pyridine rings is 1. The second kappa shape index (κ2) is 12.3. The van der Waals surface area contributed by atoms with Gasteiger partial charge in [0.2, 0.25) is 0 Å². The molecule has 1 fully saturated rings. The molecule has 2 aliphatic rings. The molecule has 39 heavy (non-hydrogen) atoms. The smallest absolute Gasteiger partial charge is 0.253 e. The van der Waals surface area contributed by atoms with Crippen molar-refractivity contribution in [2.45, 2.75) is 34.6 Å². The Morgan fingerprint density at radius 3 is 2.49 bits per heavy atom. The van der Waals surface area contributed by atoms with Crippen molar-refractivity contribution in [2.24, 2.45) is 0 Å². The Bertz CT molecular complexity index is 1240. The Morgan fingerprint density at radius 2 is 1.85 bits per heavy atom. The van der Waals surface area contributed by atoms with Crippen LogP contribution in [0, 0.1) is 19.7 Å². The van der Waals surface area contributed by atoms with Crippen LogP contribution >= 0.6 is 0 Å². The summed E-state index contributed by atoms with van der Waals surface area (Å²) in [7, 11) is 2.05. The second-order valence-electron chi connectivity index (χ2n) is 10.4. The lowest BCUT2D eigenvalue weighted by atomic mass is 9.96. The summed E-state index contributed by atoms with van der Waals surface area (Å²) in [5.74, 6) is 0.00865. The number of carbonyl (C=O) groups is 2. The van der Waals surface area contributed by atoms with Crippen molar-refractivity contribution in [3.63, 3.8) is 0 Å². The van der Waals surface area contributed by atoms with Crippen LogP contribution in [-0.4, -0.2) is 104 Å². The highest BCUT2D eigenvalue weighted by Crippen LogP contribution is 2.33. The number of aromatic nitrogens is 2. The SMILES string of the molecule is CCN(CC)CCNC(=O)c1c(C)[nH]c(/C=C2\CN(CC)c3nc(N4CCN(C)CC4)c(F)cc3C2=O)c1C. The summed E-state index contributed by atoms with van der Waals surface area (Å²) in [6.07, 6.45) is 1.80. The summed E-state index contributed by atoms with van der Waals surface area (Å²) in [5.41, 5.74) is 3.67. The molecule has 9 nitrogen and oxygen atoms in total. The molecule has 0 saturated carbocycles. The highest BCUT2D eigenvalue weighted by atomic mass is 19.1. The van der Waals surface area contributed by atoms with Gasteiger partial charge < -0.3 is 29.9 Å². The summed E-state index contributed by atoms with van der Waals surface area (Å²) in [6, 6.07) is 1.34. The average molecular weight is 540 g/mol. The molecule has 0 aliphatic carbocycles. The van der Waals surface area contributed by atoms with E-state index < -0.39 is 5.82 Å². The first-order valence-corrected chi connectivity index (χ1v) is 14.0. The topological polar surface area (TPSA) is 87.8 Å². The van der Waals surface area contributed by atoms with Crippen LogP contribution in [0.1, 0.15) is 58.4 Å². The zero-order valence-corrected chi connectivity index (χ0v) is 24.2. The van der Waals surface area contributed by atoms with Crippen molar-refractivity contribution in [3.05, 3.63) is 45.5 Å². The molecule has 2 aromatic heterocycles. The van der Waals surface area contributed by atoms with E-state index in [1.54, 1.807) is 6.08 Å². The van der Waals surface area contributed by atoms with Crippen LogP contribution < -0.4 is 15.1 Å². The number of hydrogen-bond acceptors (Lipinski definition) is 7. The minimum absolute atomic E-state index is 0.128. The summed E-state index contributed by atoms with van der Waals surface area (Å²) < 4.78 is 15.3. The number of anilines is 2. The number of amides is 1. The van der Waals surface area contributed by atoms with Crippen molar-refractivity contribution in [2.75, 3.05) is 82.3 Å². The molecule has 2 aromatic rings. The Kier molecular flexibility index (Phi) is 9.07. The molecule has 1 amide bonds. The number of rotatable bonds is 9. The number of piperazine rings is 1. The lowest BCUT2D eigenvalue weighted by Crippen LogP contribution is -2.45. The van der Waals surface area contributed by atoms with Crippen LogP contribution in [-0.2, 0) is 0 Å². The number of likely N-dealkylation sites (N-methyl/N-ethyl adjacent to an activating group) is 3. The number of nitrogens with one attached hydrogen (secondary N) is 2. The van der Waals surface area contributed by atoms with Crippen molar-refractivity contribution >= 4 is 29.4 Å². The lowest BCUT2D eigenvalue weighted by Gasteiger charge is -2.35. The molecule has 2 aliphatic heterocycles. The molecular weight excluding hydrogens is 497 g/mol. The second-order valence-corrected chi connectivity index (χ2v) is 10.4. The van der Waals surface area contributed by atoms with Gasteiger partial charge in [-0.15, -0.1) is 0 Å². The fourth-order valence-electron chi connectivity index (χ4n) is 5.41. The molecule has 0 unspecified atom stereocenters. The van der Waals surface area contributed by atoms with Crippen molar-refractivity contribution in [1.29, 1.82) is 0 Å². The monoisotopic (exact) mass is 539 g/mol. The van der Waals surface area contributed by atoms with Crippen molar-refractivity contribution in [3.8, 4) is 0 Å². The van der Waals surface area contributed by atoms with Gasteiger partial charge in [0.25, 0.3) is 5.91 Å². The Hall–Kier alpha value is -3.24. The first-order chi connectivity index (χ1) is 18.7. The van der Waals surface area contributed by atoms with Crippen LogP contribution in [0.25, 0.3) is 6.08 Å². The van der Waals surface area contributed by atoms with E-state index >= 15 is 4.39 Å². The molecular formula is C29H42FN7O2. The number of nitrogens with zero attached hydrogens (tertiary/aromatic N) is 5. The normalized spacial score (nSPS) is 17.3. The Labute approximate surface area is 231 Å². The molecule has 10 heteroatoms. The fraction of sp³-hybridized carbons (Fsp3) is 0.552. The van der Waals surface area contributed by atoms with Crippen LogP contribution in [0.2, 0.25) is 0 Å². The number of halogens is 1.